The maximum Gasteiger partial charge on any atom is 0.178 e. The topological polar surface area (TPSA) is 71.4 Å². The van der Waals surface area contributed by atoms with Gasteiger partial charge in [0.1, 0.15) is 12.4 Å². The van der Waals surface area contributed by atoms with E-state index >= 15 is 0 Å². The first-order chi connectivity index (χ1) is 11.8. The Morgan fingerprint density at radius 3 is 2.72 bits per heavy atom. The second kappa shape index (κ2) is 5.47. The SMILES string of the molecule is C[C@]12CC(=O)[C@H]3[C@@H](CCC4=CC(=O)C=C[C@@]43C)[C@@H]1CC[C@@H]2C(=O)CO. The van der Waals surface area contributed by atoms with Gasteiger partial charge in [0.05, 0.1) is 0 Å². The van der Waals surface area contributed by atoms with Gasteiger partial charge in [0, 0.05) is 23.7 Å². The summed E-state index contributed by atoms with van der Waals surface area (Å²) in [7, 11) is 0. The summed E-state index contributed by atoms with van der Waals surface area (Å²) in [5.74, 6) is 0.477. The molecule has 4 heteroatoms. The van der Waals surface area contributed by atoms with Crippen LogP contribution in [0.5, 0.6) is 0 Å². The first-order valence-electron chi connectivity index (χ1n) is 9.42. The Labute approximate surface area is 148 Å². The van der Waals surface area contributed by atoms with E-state index in [9.17, 15) is 19.5 Å². The van der Waals surface area contributed by atoms with E-state index in [2.05, 4.69) is 13.8 Å². The monoisotopic (exact) mass is 342 g/mol. The molecule has 4 aliphatic carbocycles. The molecule has 0 aromatic carbocycles. The van der Waals surface area contributed by atoms with Gasteiger partial charge in [0.2, 0.25) is 0 Å². The molecular weight excluding hydrogens is 316 g/mol. The highest BCUT2D eigenvalue weighted by atomic mass is 16.3. The third-order valence-electron chi connectivity index (χ3n) is 7.80. The van der Waals surface area contributed by atoms with Crippen molar-refractivity contribution in [3.05, 3.63) is 23.8 Å². The summed E-state index contributed by atoms with van der Waals surface area (Å²) in [6.07, 6.45) is 9.21. The Balaban J connectivity index is 1.73. The number of aliphatic hydroxyl groups is 1. The van der Waals surface area contributed by atoms with Crippen LogP contribution >= 0.6 is 0 Å². The highest BCUT2D eigenvalue weighted by Crippen LogP contribution is 2.64. The number of aliphatic hydroxyl groups excluding tert-OH is 1. The summed E-state index contributed by atoms with van der Waals surface area (Å²) in [5.41, 5.74) is 0.428. The van der Waals surface area contributed by atoms with Gasteiger partial charge in [-0.2, -0.15) is 0 Å². The van der Waals surface area contributed by atoms with E-state index in [0.717, 1.165) is 31.3 Å². The van der Waals surface area contributed by atoms with Gasteiger partial charge in [-0.25, -0.2) is 0 Å². The van der Waals surface area contributed by atoms with Gasteiger partial charge in [-0.15, -0.1) is 0 Å². The lowest BCUT2D eigenvalue weighted by Crippen LogP contribution is -2.54. The molecule has 134 valence electrons. The smallest absolute Gasteiger partial charge is 0.178 e. The fourth-order valence-corrected chi connectivity index (χ4v) is 6.67. The van der Waals surface area contributed by atoms with Crippen LogP contribution in [0.1, 0.15) is 46.0 Å². The zero-order valence-corrected chi connectivity index (χ0v) is 15.0. The average Bonchev–Trinajstić information content (AvgIpc) is 2.91. The third-order valence-corrected chi connectivity index (χ3v) is 7.80. The molecule has 0 unspecified atom stereocenters. The molecule has 3 fully saturated rings. The van der Waals surface area contributed by atoms with Gasteiger partial charge >= 0.3 is 0 Å². The molecule has 0 bridgehead atoms. The molecule has 0 heterocycles. The molecule has 4 aliphatic rings. The maximum absolute atomic E-state index is 13.3. The predicted octanol–water partition coefficient (Wildman–Crippen LogP) is 2.65. The van der Waals surface area contributed by atoms with Crippen molar-refractivity contribution in [2.24, 2.45) is 34.5 Å². The maximum atomic E-state index is 13.3. The van der Waals surface area contributed by atoms with Crippen molar-refractivity contribution in [1.29, 1.82) is 0 Å². The van der Waals surface area contributed by atoms with Crippen LogP contribution in [-0.2, 0) is 14.4 Å². The summed E-state index contributed by atoms with van der Waals surface area (Å²) in [6.45, 7) is 3.76. The van der Waals surface area contributed by atoms with E-state index < -0.39 is 6.61 Å². The molecule has 0 radical (unpaired) electrons. The Morgan fingerprint density at radius 1 is 1.24 bits per heavy atom. The number of hydrogen-bond donors (Lipinski definition) is 1. The van der Waals surface area contributed by atoms with Crippen molar-refractivity contribution in [3.8, 4) is 0 Å². The van der Waals surface area contributed by atoms with E-state index in [0.29, 0.717) is 12.3 Å². The van der Waals surface area contributed by atoms with Gasteiger partial charge in [-0.1, -0.05) is 25.5 Å². The fourth-order valence-electron chi connectivity index (χ4n) is 6.67. The molecule has 0 aromatic heterocycles. The van der Waals surface area contributed by atoms with Crippen LogP contribution in [0.25, 0.3) is 0 Å². The summed E-state index contributed by atoms with van der Waals surface area (Å²) < 4.78 is 0. The molecule has 1 N–H and O–H groups in total. The molecule has 6 atom stereocenters. The minimum Gasteiger partial charge on any atom is -0.389 e. The standard InChI is InChI=1S/C21H26O4/c1-20-8-7-13(23)9-12(20)3-4-14-15-5-6-16(18(25)11-22)21(15,2)10-17(24)19(14)20/h7-9,14-16,19,22H,3-6,10-11H2,1-2H3/t14-,15-,16+,19+,20-,21-/m0/s1. The van der Waals surface area contributed by atoms with Crippen LogP contribution in [-0.4, -0.2) is 29.1 Å². The molecule has 3 saturated carbocycles. The van der Waals surface area contributed by atoms with Gasteiger partial charge in [-0.3, -0.25) is 14.4 Å². The van der Waals surface area contributed by atoms with E-state index in [-0.39, 0.29) is 45.9 Å². The summed E-state index contributed by atoms with van der Waals surface area (Å²) in [4.78, 5) is 37.3. The number of fused-ring (bicyclic) bond motifs is 5. The fraction of sp³-hybridized carbons (Fsp3) is 0.667. The van der Waals surface area contributed by atoms with Crippen molar-refractivity contribution in [2.45, 2.75) is 46.0 Å². The molecule has 0 aliphatic heterocycles. The zero-order valence-electron chi connectivity index (χ0n) is 15.0. The lowest BCUT2D eigenvalue weighted by atomic mass is 9.47. The van der Waals surface area contributed by atoms with Crippen LogP contribution < -0.4 is 0 Å². The molecule has 4 nitrogen and oxygen atoms in total. The number of Topliss-reactive ketones (excluding diaryl/α,β-unsaturated/α-hetero) is 2. The highest BCUT2D eigenvalue weighted by Gasteiger charge is 2.62. The predicted molar refractivity (Wildman–Crippen MR) is 92.6 cm³/mol. The van der Waals surface area contributed by atoms with Gasteiger partial charge in [0.25, 0.3) is 0 Å². The number of allylic oxidation sites excluding steroid dienone is 4. The highest BCUT2D eigenvalue weighted by molar-refractivity contribution is 6.01. The minimum atomic E-state index is -0.426. The van der Waals surface area contributed by atoms with Crippen LogP contribution in [0.4, 0.5) is 0 Å². The summed E-state index contributed by atoms with van der Waals surface area (Å²) in [6, 6.07) is 0. The van der Waals surface area contributed by atoms with Crippen LogP contribution in [0.15, 0.2) is 23.8 Å². The van der Waals surface area contributed by atoms with Crippen LogP contribution in [0.3, 0.4) is 0 Å². The van der Waals surface area contributed by atoms with E-state index in [4.69, 9.17) is 0 Å². The van der Waals surface area contributed by atoms with Crippen molar-refractivity contribution >= 4 is 17.3 Å². The number of hydrogen-bond acceptors (Lipinski definition) is 4. The average molecular weight is 342 g/mol. The van der Waals surface area contributed by atoms with Crippen molar-refractivity contribution < 1.29 is 19.5 Å². The largest absolute Gasteiger partial charge is 0.389 e. The number of ketones is 3. The molecule has 0 saturated heterocycles. The van der Waals surface area contributed by atoms with Crippen LogP contribution in [0.2, 0.25) is 0 Å². The Morgan fingerprint density at radius 2 is 2.00 bits per heavy atom. The third kappa shape index (κ3) is 2.19. The Kier molecular flexibility index (Phi) is 3.70. The number of carbonyl (C=O) groups excluding carboxylic acids is 3. The first kappa shape index (κ1) is 16.9. The normalized spacial score (nSPS) is 45.5. The van der Waals surface area contributed by atoms with Gasteiger partial charge in [0.15, 0.2) is 11.6 Å². The summed E-state index contributed by atoms with van der Waals surface area (Å²) >= 11 is 0. The minimum absolute atomic E-state index is 0.0218. The molecule has 25 heavy (non-hydrogen) atoms. The molecule has 0 spiro atoms. The summed E-state index contributed by atoms with van der Waals surface area (Å²) in [5, 5.41) is 9.34. The van der Waals surface area contributed by atoms with Crippen LogP contribution in [0, 0.1) is 34.5 Å². The molecule has 0 aromatic rings. The molecular formula is C21H26O4. The van der Waals surface area contributed by atoms with Gasteiger partial charge < -0.3 is 5.11 Å². The zero-order chi connectivity index (χ0) is 18.0. The second-order valence-corrected chi connectivity index (χ2v) is 8.88. The van der Waals surface area contributed by atoms with Crippen molar-refractivity contribution in [2.75, 3.05) is 6.61 Å². The molecule has 4 rings (SSSR count). The number of carbonyl (C=O) groups is 3. The number of rotatable bonds is 2. The van der Waals surface area contributed by atoms with Gasteiger partial charge in [-0.05, 0) is 55.1 Å². The first-order valence-corrected chi connectivity index (χ1v) is 9.42. The lowest BCUT2D eigenvalue weighted by molar-refractivity contribution is -0.146. The molecule has 0 amide bonds. The lowest BCUT2D eigenvalue weighted by Gasteiger charge is -2.55. The van der Waals surface area contributed by atoms with E-state index in [1.165, 1.54) is 0 Å². The quantitative estimate of drug-likeness (QED) is 0.837. The van der Waals surface area contributed by atoms with Crippen molar-refractivity contribution in [3.63, 3.8) is 0 Å². The Bertz CT molecular complexity index is 717. The van der Waals surface area contributed by atoms with E-state index in [1.807, 2.05) is 6.08 Å². The van der Waals surface area contributed by atoms with Crippen molar-refractivity contribution in [1.82, 2.24) is 0 Å². The van der Waals surface area contributed by atoms with E-state index in [1.54, 1.807) is 12.2 Å². The Hall–Kier alpha value is -1.55. The second-order valence-electron chi connectivity index (χ2n) is 8.88.